The summed E-state index contributed by atoms with van der Waals surface area (Å²) in [7, 11) is 0. The number of hydrogen-bond donors (Lipinski definition) is 1. The topological polar surface area (TPSA) is 29.3 Å². The zero-order valence-electron chi connectivity index (χ0n) is 11.8. The lowest BCUT2D eigenvalue weighted by Gasteiger charge is -2.40. The summed E-state index contributed by atoms with van der Waals surface area (Å²) in [6, 6.07) is 12.3. The molecule has 0 amide bonds. The average molecular weight is 258 g/mol. The van der Waals surface area contributed by atoms with Crippen molar-refractivity contribution in [2.45, 2.75) is 56.5 Å². The number of benzene rings is 1. The van der Waals surface area contributed by atoms with Gasteiger partial charge in [0.25, 0.3) is 0 Å². The van der Waals surface area contributed by atoms with Gasteiger partial charge in [-0.05, 0) is 63.1 Å². The van der Waals surface area contributed by atoms with Crippen LogP contribution in [0.15, 0.2) is 30.3 Å². The molecule has 1 aromatic carbocycles. The van der Waals surface area contributed by atoms with E-state index in [4.69, 9.17) is 5.73 Å². The molecule has 1 saturated carbocycles. The molecule has 1 aliphatic heterocycles. The molecular formula is C17H26N2. The molecule has 0 bridgehead atoms. The molecule has 3 rings (SSSR count). The lowest BCUT2D eigenvalue weighted by Crippen LogP contribution is -2.44. The standard InChI is InChI=1S/C17H26N2/c18-16-6-8-17(9-7-16)19-12-10-15(11-13-19)14-4-2-1-3-5-14/h1-5,15-17H,6-13,18H2/t16-,17-. The molecule has 1 saturated heterocycles. The molecule has 1 aromatic rings. The van der Waals surface area contributed by atoms with Gasteiger partial charge in [0.2, 0.25) is 0 Å². The molecular weight excluding hydrogens is 232 g/mol. The molecule has 2 nitrogen and oxygen atoms in total. The summed E-state index contributed by atoms with van der Waals surface area (Å²) < 4.78 is 0. The van der Waals surface area contributed by atoms with E-state index in [9.17, 15) is 0 Å². The van der Waals surface area contributed by atoms with E-state index in [1.165, 1.54) is 57.2 Å². The van der Waals surface area contributed by atoms with Crippen LogP contribution in [0, 0.1) is 0 Å². The lowest BCUT2D eigenvalue weighted by molar-refractivity contribution is 0.117. The number of nitrogens with two attached hydrogens (primary N) is 1. The van der Waals surface area contributed by atoms with Gasteiger partial charge < -0.3 is 10.6 Å². The van der Waals surface area contributed by atoms with Crippen LogP contribution in [0.3, 0.4) is 0 Å². The van der Waals surface area contributed by atoms with Crippen molar-refractivity contribution in [2.75, 3.05) is 13.1 Å². The summed E-state index contributed by atoms with van der Waals surface area (Å²) in [5, 5.41) is 0. The smallest absolute Gasteiger partial charge is 0.00964 e. The summed E-state index contributed by atoms with van der Waals surface area (Å²) in [5.74, 6) is 0.781. The van der Waals surface area contributed by atoms with Crippen LogP contribution in [-0.2, 0) is 0 Å². The van der Waals surface area contributed by atoms with E-state index >= 15 is 0 Å². The average Bonchev–Trinajstić information content (AvgIpc) is 2.49. The van der Waals surface area contributed by atoms with E-state index in [1.807, 2.05) is 0 Å². The van der Waals surface area contributed by atoms with E-state index in [0.717, 1.165) is 12.0 Å². The first-order valence-corrected chi connectivity index (χ1v) is 7.87. The van der Waals surface area contributed by atoms with Gasteiger partial charge in [0.05, 0.1) is 0 Å². The van der Waals surface area contributed by atoms with Crippen LogP contribution in [0.4, 0.5) is 0 Å². The summed E-state index contributed by atoms with van der Waals surface area (Å²) in [4.78, 5) is 2.73. The van der Waals surface area contributed by atoms with Crippen molar-refractivity contribution in [1.29, 1.82) is 0 Å². The zero-order valence-corrected chi connectivity index (χ0v) is 11.8. The molecule has 1 aliphatic carbocycles. The Hall–Kier alpha value is -0.860. The molecule has 0 aromatic heterocycles. The molecule has 2 aliphatic rings. The van der Waals surface area contributed by atoms with Crippen LogP contribution in [0.2, 0.25) is 0 Å². The van der Waals surface area contributed by atoms with Crippen LogP contribution >= 0.6 is 0 Å². The maximum Gasteiger partial charge on any atom is 0.00964 e. The predicted molar refractivity (Wildman–Crippen MR) is 80.2 cm³/mol. The molecule has 0 atom stereocenters. The van der Waals surface area contributed by atoms with Crippen molar-refractivity contribution in [1.82, 2.24) is 4.90 Å². The number of likely N-dealkylation sites (tertiary alicyclic amines) is 1. The van der Waals surface area contributed by atoms with Gasteiger partial charge in [0.1, 0.15) is 0 Å². The first kappa shape index (κ1) is 13.1. The molecule has 0 radical (unpaired) electrons. The highest BCUT2D eigenvalue weighted by Crippen LogP contribution is 2.31. The monoisotopic (exact) mass is 258 g/mol. The Morgan fingerprint density at radius 2 is 1.47 bits per heavy atom. The van der Waals surface area contributed by atoms with E-state index < -0.39 is 0 Å². The molecule has 0 unspecified atom stereocenters. The fourth-order valence-electron chi connectivity index (χ4n) is 3.79. The van der Waals surface area contributed by atoms with Crippen LogP contribution in [0.5, 0.6) is 0 Å². The van der Waals surface area contributed by atoms with E-state index in [1.54, 1.807) is 0 Å². The Morgan fingerprint density at radius 3 is 2.11 bits per heavy atom. The predicted octanol–water partition coefficient (Wildman–Crippen LogP) is 3.14. The highest BCUT2D eigenvalue weighted by atomic mass is 15.2. The number of hydrogen-bond acceptors (Lipinski definition) is 2. The highest BCUT2D eigenvalue weighted by molar-refractivity contribution is 5.20. The van der Waals surface area contributed by atoms with Crippen LogP contribution < -0.4 is 5.73 Å². The Kier molecular flexibility index (Phi) is 4.19. The highest BCUT2D eigenvalue weighted by Gasteiger charge is 2.28. The van der Waals surface area contributed by atoms with Crippen molar-refractivity contribution in [3.8, 4) is 0 Å². The summed E-state index contributed by atoms with van der Waals surface area (Å²) in [6.45, 7) is 2.55. The first-order chi connectivity index (χ1) is 9.33. The fraction of sp³-hybridized carbons (Fsp3) is 0.647. The lowest BCUT2D eigenvalue weighted by atomic mass is 9.86. The van der Waals surface area contributed by atoms with Gasteiger partial charge in [-0.25, -0.2) is 0 Å². The minimum Gasteiger partial charge on any atom is -0.328 e. The Morgan fingerprint density at radius 1 is 0.842 bits per heavy atom. The molecule has 104 valence electrons. The van der Waals surface area contributed by atoms with Crippen molar-refractivity contribution >= 4 is 0 Å². The second-order valence-electron chi connectivity index (χ2n) is 6.29. The quantitative estimate of drug-likeness (QED) is 0.883. The summed E-state index contributed by atoms with van der Waals surface area (Å²) in [6.07, 6.45) is 7.74. The number of nitrogens with zero attached hydrogens (tertiary/aromatic N) is 1. The van der Waals surface area contributed by atoms with Crippen molar-refractivity contribution in [3.05, 3.63) is 35.9 Å². The third-order valence-electron chi connectivity index (χ3n) is 5.06. The minimum atomic E-state index is 0.470. The first-order valence-electron chi connectivity index (χ1n) is 7.87. The van der Waals surface area contributed by atoms with E-state index in [0.29, 0.717) is 6.04 Å². The molecule has 2 fully saturated rings. The Labute approximate surface area is 117 Å². The second kappa shape index (κ2) is 6.06. The van der Waals surface area contributed by atoms with Crippen LogP contribution in [0.1, 0.15) is 50.0 Å². The number of piperidine rings is 1. The zero-order chi connectivity index (χ0) is 13.1. The minimum absolute atomic E-state index is 0.470. The third kappa shape index (κ3) is 3.18. The summed E-state index contributed by atoms with van der Waals surface area (Å²) in [5.41, 5.74) is 7.54. The molecule has 19 heavy (non-hydrogen) atoms. The largest absolute Gasteiger partial charge is 0.328 e. The second-order valence-corrected chi connectivity index (χ2v) is 6.29. The maximum absolute atomic E-state index is 6.01. The Balaban J connectivity index is 1.52. The third-order valence-corrected chi connectivity index (χ3v) is 5.06. The molecule has 2 heteroatoms. The van der Waals surface area contributed by atoms with Crippen LogP contribution in [-0.4, -0.2) is 30.1 Å². The van der Waals surface area contributed by atoms with Gasteiger partial charge in [-0.3, -0.25) is 0 Å². The van der Waals surface area contributed by atoms with E-state index in [2.05, 4.69) is 35.2 Å². The van der Waals surface area contributed by atoms with Crippen molar-refractivity contribution in [3.63, 3.8) is 0 Å². The normalized spacial score (nSPS) is 30.4. The van der Waals surface area contributed by atoms with Gasteiger partial charge in [-0.15, -0.1) is 0 Å². The van der Waals surface area contributed by atoms with E-state index in [-0.39, 0.29) is 0 Å². The van der Waals surface area contributed by atoms with Gasteiger partial charge in [-0.1, -0.05) is 30.3 Å². The van der Waals surface area contributed by atoms with Gasteiger partial charge in [-0.2, -0.15) is 0 Å². The summed E-state index contributed by atoms with van der Waals surface area (Å²) >= 11 is 0. The van der Waals surface area contributed by atoms with Crippen molar-refractivity contribution in [2.24, 2.45) is 5.73 Å². The van der Waals surface area contributed by atoms with Gasteiger partial charge in [0.15, 0.2) is 0 Å². The van der Waals surface area contributed by atoms with Crippen LogP contribution in [0.25, 0.3) is 0 Å². The van der Waals surface area contributed by atoms with Gasteiger partial charge in [0, 0.05) is 12.1 Å². The fourth-order valence-corrected chi connectivity index (χ4v) is 3.79. The maximum atomic E-state index is 6.01. The Bertz CT molecular complexity index is 374. The number of rotatable bonds is 2. The van der Waals surface area contributed by atoms with Gasteiger partial charge >= 0.3 is 0 Å². The SMILES string of the molecule is N[C@H]1CC[C@H](N2CCC(c3ccccc3)CC2)CC1. The molecule has 1 heterocycles. The van der Waals surface area contributed by atoms with Crippen molar-refractivity contribution < 1.29 is 0 Å². The molecule has 0 spiro atoms. The molecule has 2 N–H and O–H groups in total.